The van der Waals surface area contributed by atoms with Crippen LogP contribution in [0, 0.1) is 0 Å². The fourth-order valence-electron chi connectivity index (χ4n) is 1.51. The van der Waals surface area contributed by atoms with Gasteiger partial charge in [0.25, 0.3) is 0 Å². The molecule has 1 aromatic carbocycles. The van der Waals surface area contributed by atoms with Crippen molar-refractivity contribution in [2.24, 2.45) is 0 Å². The summed E-state index contributed by atoms with van der Waals surface area (Å²) in [6.45, 7) is 0. The Balaban J connectivity index is 2.40. The number of rotatable bonds is 1. The van der Waals surface area contributed by atoms with Gasteiger partial charge in [-0.05, 0) is 30.0 Å². The number of benzene rings is 1. The van der Waals surface area contributed by atoms with Crippen LogP contribution in [0.2, 0.25) is 0 Å². The van der Waals surface area contributed by atoms with E-state index in [4.69, 9.17) is 0 Å². The van der Waals surface area contributed by atoms with Gasteiger partial charge in [0.05, 0.1) is 0 Å². The molecule has 0 N–H and O–H groups in total. The van der Waals surface area contributed by atoms with Gasteiger partial charge in [0.2, 0.25) is 0 Å². The second kappa shape index (κ2) is 3.93. The molecule has 0 saturated heterocycles. The molecule has 0 amide bonds. The Bertz CT molecular complexity index is 361. The third kappa shape index (κ3) is 1.92. The van der Waals surface area contributed by atoms with Crippen LogP contribution >= 0.6 is 15.9 Å². The maximum Gasteiger partial charge on any atom is 0.0253 e. The molecule has 13 heavy (non-hydrogen) atoms. The van der Waals surface area contributed by atoms with E-state index >= 15 is 0 Å². The SMILES string of the molecule is Brc1ccccc1C1=CCCC=C1. The quantitative estimate of drug-likeness (QED) is 0.684. The van der Waals surface area contributed by atoms with Gasteiger partial charge in [0, 0.05) is 4.47 Å². The third-order valence-corrected chi connectivity index (χ3v) is 2.87. The molecule has 1 aliphatic carbocycles. The highest BCUT2D eigenvalue weighted by Crippen LogP contribution is 2.27. The lowest BCUT2D eigenvalue weighted by Gasteiger charge is -2.08. The monoisotopic (exact) mass is 234 g/mol. The van der Waals surface area contributed by atoms with E-state index in [0.717, 1.165) is 6.42 Å². The van der Waals surface area contributed by atoms with Crippen LogP contribution in [0.1, 0.15) is 18.4 Å². The van der Waals surface area contributed by atoms with Crippen LogP contribution in [0.5, 0.6) is 0 Å². The average Bonchev–Trinajstić information content (AvgIpc) is 2.20. The lowest BCUT2D eigenvalue weighted by atomic mass is 10.00. The van der Waals surface area contributed by atoms with E-state index in [1.165, 1.54) is 22.0 Å². The summed E-state index contributed by atoms with van der Waals surface area (Å²) in [5, 5.41) is 0. The topological polar surface area (TPSA) is 0 Å². The van der Waals surface area contributed by atoms with Gasteiger partial charge >= 0.3 is 0 Å². The first-order chi connectivity index (χ1) is 6.38. The van der Waals surface area contributed by atoms with E-state index in [1.807, 2.05) is 6.07 Å². The van der Waals surface area contributed by atoms with E-state index in [1.54, 1.807) is 0 Å². The van der Waals surface area contributed by atoms with Crippen LogP contribution in [0.3, 0.4) is 0 Å². The molecule has 1 aromatic rings. The van der Waals surface area contributed by atoms with E-state index in [-0.39, 0.29) is 0 Å². The highest BCUT2D eigenvalue weighted by molar-refractivity contribution is 9.10. The van der Waals surface area contributed by atoms with Gasteiger partial charge in [-0.25, -0.2) is 0 Å². The van der Waals surface area contributed by atoms with Crippen LogP contribution in [0.4, 0.5) is 0 Å². The fraction of sp³-hybridized carbons (Fsp3) is 0.167. The summed E-state index contributed by atoms with van der Waals surface area (Å²) in [4.78, 5) is 0. The van der Waals surface area contributed by atoms with Crippen molar-refractivity contribution >= 4 is 21.5 Å². The molecule has 1 aliphatic rings. The van der Waals surface area contributed by atoms with Crippen molar-refractivity contribution in [2.75, 3.05) is 0 Å². The van der Waals surface area contributed by atoms with Gasteiger partial charge in [0.15, 0.2) is 0 Å². The van der Waals surface area contributed by atoms with Crippen LogP contribution in [0.25, 0.3) is 5.57 Å². The molecule has 0 saturated carbocycles. The first-order valence-electron chi connectivity index (χ1n) is 4.49. The standard InChI is InChI=1S/C12H11Br/c13-12-9-5-4-8-11(12)10-6-2-1-3-7-10/h2,4-9H,1,3H2. The van der Waals surface area contributed by atoms with Crippen LogP contribution < -0.4 is 0 Å². The van der Waals surface area contributed by atoms with Crippen molar-refractivity contribution in [1.29, 1.82) is 0 Å². The predicted molar refractivity (Wildman–Crippen MR) is 60.5 cm³/mol. The highest BCUT2D eigenvalue weighted by Gasteiger charge is 2.03. The molecule has 0 unspecified atom stereocenters. The zero-order valence-corrected chi connectivity index (χ0v) is 8.92. The zero-order valence-electron chi connectivity index (χ0n) is 7.33. The van der Waals surface area contributed by atoms with Crippen molar-refractivity contribution in [3.05, 3.63) is 52.5 Å². The molecule has 0 aromatic heterocycles. The minimum absolute atomic E-state index is 1.16. The summed E-state index contributed by atoms with van der Waals surface area (Å²) in [5.74, 6) is 0. The molecule has 0 spiro atoms. The van der Waals surface area contributed by atoms with Gasteiger partial charge in [-0.2, -0.15) is 0 Å². The minimum atomic E-state index is 1.16. The summed E-state index contributed by atoms with van der Waals surface area (Å²) in [5.41, 5.74) is 2.62. The molecule has 0 nitrogen and oxygen atoms in total. The number of hydrogen-bond donors (Lipinski definition) is 0. The van der Waals surface area contributed by atoms with Crippen LogP contribution in [-0.2, 0) is 0 Å². The molecule has 0 heterocycles. The number of allylic oxidation sites excluding steroid dienone is 4. The van der Waals surface area contributed by atoms with Crippen molar-refractivity contribution in [1.82, 2.24) is 0 Å². The summed E-state index contributed by atoms with van der Waals surface area (Å²) in [6.07, 6.45) is 9.06. The number of hydrogen-bond acceptors (Lipinski definition) is 0. The molecule has 1 heteroatoms. The summed E-state index contributed by atoms with van der Waals surface area (Å²) < 4.78 is 1.17. The smallest absolute Gasteiger partial charge is 0.0253 e. The summed E-state index contributed by atoms with van der Waals surface area (Å²) >= 11 is 3.56. The highest BCUT2D eigenvalue weighted by atomic mass is 79.9. The molecule has 0 atom stereocenters. The zero-order chi connectivity index (χ0) is 9.10. The first-order valence-corrected chi connectivity index (χ1v) is 5.29. The Morgan fingerprint density at radius 1 is 1.08 bits per heavy atom. The van der Waals surface area contributed by atoms with Gasteiger partial charge in [-0.3, -0.25) is 0 Å². The van der Waals surface area contributed by atoms with Gasteiger partial charge in [-0.15, -0.1) is 0 Å². The van der Waals surface area contributed by atoms with Gasteiger partial charge in [0.1, 0.15) is 0 Å². The van der Waals surface area contributed by atoms with Gasteiger partial charge in [-0.1, -0.05) is 52.4 Å². The van der Waals surface area contributed by atoms with Crippen molar-refractivity contribution in [3.63, 3.8) is 0 Å². The molecule has 0 fully saturated rings. The largest absolute Gasteiger partial charge is 0.0836 e. The Labute approximate surface area is 87.1 Å². The lowest BCUT2D eigenvalue weighted by Crippen LogP contribution is -1.86. The Morgan fingerprint density at radius 2 is 1.92 bits per heavy atom. The Hall–Kier alpha value is -0.820. The first kappa shape index (κ1) is 8.76. The predicted octanol–water partition coefficient (Wildman–Crippen LogP) is 4.18. The normalized spacial score (nSPS) is 15.6. The van der Waals surface area contributed by atoms with E-state index in [0.29, 0.717) is 0 Å². The molecule has 0 bridgehead atoms. The van der Waals surface area contributed by atoms with E-state index < -0.39 is 0 Å². The van der Waals surface area contributed by atoms with E-state index in [2.05, 4.69) is 52.4 Å². The Morgan fingerprint density at radius 3 is 2.62 bits per heavy atom. The minimum Gasteiger partial charge on any atom is -0.0836 e. The lowest BCUT2D eigenvalue weighted by molar-refractivity contribution is 1.04. The van der Waals surface area contributed by atoms with Gasteiger partial charge < -0.3 is 0 Å². The van der Waals surface area contributed by atoms with Crippen molar-refractivity contribution in [2.45, 2.75) is 12.8 Å². The Kier molecular flexibility index (Phi) is 2.65. The molecule has 0 aliphatic heterocycles. The maximum absolute atomic E-state index is 3.56. The van der Waals surface area contributed by atoms with Crippen molar-refractivity contribution < 1.29 is 0 Å². The second-order valence-corrected chi connectivity index (χ2v) is 3.97. The van der Waals surface area contributed by atoms with E-state index in [9.17, 15) is 0 Å². The van der Waals surface area contributed by atoms with Crippen molar-refractivity contribution in [3.8, 4) is 0 Å². The average molecular weight is 235 g/mol. The molecular formula is C12H11Br. The fourth-order valence-corrected chi connectivity index (χ4v) is 2.02. The molecule has 66 valence electrons. The second-order valence-electron chi connectivity index (χ2n) is 3.12. The maximum atomic E-state index is 3.56. The third-order valence-electron chi connectivity index (χ3n) is 2.18. The molecule has 2 rings (SSSR count). The van der Waals surface area contributed by atoms with Crippen LogP contribution in [-0.4, -0.2) is 0 Å². The summed E-state index contributed by atoms with van der Waals surface area (Å²) in [7, 11) is 0. The summed E-state index contributed by atoms with van der Waals surface area (Å²) in [6, 6.07) is 8.34. The van der Waals surface area contributed by atoms with Crippen LogP contribution in [0.15, 0.2) is 47.0 Å². The molecule has 0 radical (unpaired) electrons. The number of halogens is 1. The molecular weight excluding hydrogens is 224 g/mol.